The molecule has 1 rings (SSSR count). The molecule has 23 heavy (non-hydrogen) atoms. The molecule has 8 heteroatoms. The lowest BCUT2D eigenvalue weighted by Crippen LogP contribution is -2.38. The van der Waals surface area contributed by atoms with Gasteiger partial charge in [-0.2, -0.15) is 0 Å². The third-order valence-corrected chi connectivity index (χ3v) is 2.79. The monoisotopic (exact) mass is 342 g/mol. The zero-order valence-corrected chi connectivity index (χ0v) is 14.0. The molecule has 0 heterocycles. The quantitative estimate of drug-likeness (QED) is 0.594. The maximum Gasteiger partial charge on any atom is 0.241 e. The van der Waals surface area contributed by atoms with Crippen LogP contribution in [0.25, 0.3) is 0 Å². The van der Waals surface area contributed by atoms with Crippen molar-refractivity contribution in [3.05, 3.63) is 24.3 Å². The molecular weight excluding hydrogens is 320 g/mol. The number of hydrogen-bond donors (Lipinski definition) is 4. The van der Waals surface area contributed by atoms with Crippen molar-refractivity contribution in [3.63, 3.8) is 0 Å². The normalized spacial score (nSPS) is 11.3. The van der Waals surface area contributed by atoms with E-state index in [1.807, 2.05) is 13.8 Å². The van der Waals surface area contributed by atoms with E-state index in [1.54, 1.807) is 24.3 Å². The molecule has 0 saturated carbocycles. The van der Waals surface area contributed by atoms with E-state index < -0.39 is 17.9 Å². The summed E-state index contributed by atoms with van der Waals surface area (Å²) in [6, 6.07) is 5.64. The topological polar surface area (TPSA) is 127 Å². The molecule has 0 spiro atoms. The number of rotatable bonds is 7. The van der Waals surface area contributed by atoms with Crippen molar-refractivity contribution >= 4 is 41.5 Å². The molecule has 1 atom stereocenters. The lowest BCUT2D eigenvalue weighted by Gasteiger charge is -2.11. The zero-order valence-electron chi connectivity index (χ0n) is 13.2. The van der Waals surface area contributed by atoms with Gasteiger partial charge in [-0.15, -0.1) is 12.4 Å². The van der Waals surface area contributed by atoms with Gasteiger partial charge in [0.05, 0.1) is 12.5 Å². The van der Waals surface area contributed by atoms with Gasteiger partial charge in [-0.05, 0) is 30.2 Å². The van der Waals surface area contributed by atoms with E-state index in [0.29, 0.717) is 17.8 Å². The molecule has 0 aliphatic rings. The summed E-state index contributed by atoms with van der Waals surface area (Å²) in [6.45, 7) is 3.93. The van der Waals surface area contributed by atoms with Crippen LogP contribution in [0, 0.1) is 5.92 Å². The highest BCUT2D eigenvalue weighted by Crippen LogP contribution is 2.14. The van der Waals surface area contributed by atoms with Crippen molar-refractivity contribution in [3.8, 4) is 0 Å². The van der Waals surface area contributed by atoms with Gasteiger partial charge in [-0.3, -0.25) is 14.4 Å². The van der Waals surface area contributed by atoms with Crippen LogP contribution < -0.4 is 22.1 Å². The summed E-state index contributed by atoms with van der Waals surface area (Å²) in [6.07, 6.45) is 0.232. The van der Waals surface area contributed by atoms with Crippen molar-refractivity contribution in [2.45, 2.75) is 32.7 Å². The number of halogens is 1. The molecule has 128 valence electrons. The smallest absolute Gasteiger partial charge is 0.241 e. The average molecular weight is 343 g/mol. The van der Waals surface area contributed by atoms with Crippen LogP contribution in [-0.4, -0.2) is 23.8 Å². The second kappa shape index (κ2) is 9.81. The number of nitrogens with one attached hydrogen (secondary N) is 2. The van der Waals surface area contributed by atoms with Crippen LogP contribution in [0.15, 0.2) is 24.3 Å². The summed E-state index contributed by atoms with van der Waals surface area (Å²) < 4.78 is 0. The standard InChI is InChI=1S/C15H22N4O3.ClH/c1-9(2)7-14(21)18-10-3-5-11(6-4-10)19-15(22)12(16)8-13(17)20;/h3-6,9,12H,7-8,16H2,1-2H3,(H2,17,20)(H,18,21)(H,19,22);1H. The fourth-order valence-corrected chi connectivity index (χ4v) is 1.76. The summed E-state index contributed by atoms with van der Waals surface area (Å²) in [5.41, 5.74) is 11.7. The van der Waals surface area contributed by atoms with Crippen molar-refractivity contribution in [1.82, 2.24) is 0 Å². The zero-order chi connectivity index (χ0) is 16.7. The van der Waals surface area contributed by atoms with E-state index in [1.165, 1.54) is 0 Å². The lowest BCUT2D eigenvalue weighted by molar-refractivity contribution is -0.123. The Morgan fingerprint density at radius 2 is 1.48 bits per heavy atom. The van der Waals surface area contributed by atoms with E-state index in [-0.39, 0.29) is 30.7 Å². The summed E-state index contributed by atoms with van der Waals surface area (Å²) in [4.78, 5) is 34.1. The number of benzene rings is 1. The highest BCUT2D eigenvalue weighted by molar-refractivity contribution is 5.97. The second-order valence-corrected chi connectivity index (χ2v) is 5.49. The van der Waals surface area contributed by atoms with Crippen LogP contribution in [0.4, 0.5) is 11.4 Å². The molecule has 0 bridgehead atoms. The highest BCUT2D eigenvalue weighted by Gasteiger charge is 2.16. The molecule has 7 nitrogen and oxygen atoms in total. The molecule has 0 saturated heterocycles. The number of carbonyl (C=O) groups is 3. The summed E-state index contributed by atoms with van der Waals surface area (Å²) in [5.74, 6) is -0.901. The number of primary amides is 1. The van der Waals surface area contributed by atoms with Gasteiger partial charge < -0.3 is 22.1 Å². The fraction of sp³-hybridized carbons (Fsp3) is 0.400. The van der Waals surface area contributed by atoms with E-state index in [2.05, 4.69) is 10.6 Å². The van der Waals surface area contributed by atoms with Crippen molar-refractivity contribution in [2.75, 3.05) is 10.6 Å². The third-order valence-electron chi connectivity index (χ3n) is 2.79. The van der Waals surface area contributed by atoms with Gasteiger partial charge in [0.25, 0.3) is 0 Å². The summed E-state index contributed by atoms with van der Waals surface area (Å²) in [7, 11) is 0. The van der Waals surface area contributed by atoms with Gasteiger partial charge in [0.2, 0.25) is 17.7 Å². The molecule has 3 amide bonds. The third kappa shape index (κ3) is 8.18. The average Bonchev–Trinajstić information content (AvgIpc) is 2.39. The maximum absolute atomic E-state index is 11.7. The summed E-state index contributed by atoms with van der Waals surface area (Å²) >= 11 is 0. The number of anilines is 2. The van der Waals surface area contributed by atoms with Crippen LogP contribution in [0.1, 0.15) is 26.7 Å². The molecule has 0 fully saturated rings. The SMILES string of the molecule is CC(C)CC(=O)Nc1ccc(NC(=O)C(N)CC(N)=O)cc1.Cl. The van der Waals surface area contributed by atoms with Crippen molar-refractivity contribution in [1.29, 1.82) is 0 Å². The predicted molar refractivity (Wildman–Crippen MR) is 92.2 cm³/mol. The molecule has 6 N–H and O–H groups in total. The first kappa shape index (κ1) is 20.9. The number of hydrogen-bond acceptors (Lipinski definition) is 4. The second-order valence-electron chi connectivity index (χ2n) is 5.49. The molecule has 1 unspecified atom stereocenters. The number of carbonyl (C=O) groups excluding carboxylic acids is 3. The Labute approximate surface area is 141 Å². The van der Waals surface area contributed by atoms with Gasteiger partial charge in [0.1, 0.15) is 0 Å². The van der Waals surface area contributed by atoms with Crippen LogP contribution in [0.5, 0.6) is 0 Å². The molecular formula is C15H23ClN4O3. The minimum absolute atomic E-state index is 0. The largest absolute Gasteiger partial charge is 0.370 e. The van der Waals surface area contributed by atoms with Crippen LogP contribution in [0.2, 0.25) is 0 Å². The van der Waals surface area contributed by atoms with Crippen molar-refractivity contribution in [2.24, 2.45) is 17.4 Å². The van der Waals surface area contributed by atoms with E-state index in [9.17, 15) is 14.4 Å². The Hall–Kier alpha value is -2.12. The minimum atomic E-state index is -0.983. The number of amides is 3. The van der Waals surface area contributed by atoms with Crippen LogP contribution in [0.3, 0.4) is 0 Å². The summed E-state index contributed by atoms with van der Waals surface area (Å²) in [5, 5.41) is 5.34. The van der Waals surface area contributed by atoms with Gasteiger partial charge in [0.15, 0.2) is 0 Å². The van der Waals surface area contributed by atoms with Gasteiger partial charge >= 0.3 is 0 Å². The first-order valence-electron chi connectivity index (χ1n) is 7.02. The predicted octanol–water partition coefficient (Wildman–Crippen LogP) is 1.23. The van der Waals surface area contributed by atoms with Crippen LogP contribution >= 0.6 is 12.4 Å². The Kier molecular flexibility index (Phi) is 8.90. The Morgan fingerprint density at radius 1 is 1.00 bits per heavy atom. The lowest BCUT2D eigenvalue weighted by atomic mass is 10.1. The van der Waals surface area contributed by atoms with E-state index >= 15 is 0 Å². The van der Waals surface area contributed by atoms with E-state index in [0.717, 1.165) is 0 Å². The molecule has 0 aliphatic carbocycles. The van der Waals surface area contributed by atoms with Gasteiger partial charge in [0, 0.05) is 17.8 Å². The molecule has 0 aliphatic heterocycles. The van der Waals surface area contributed by atoms with Gasteiger partial charge in [-0.1, -0.05) is 13.8 Å². The molecule has 1 aromatic rings. The van der Waals surface area contributed by atoms with Gasteiger partial charge in [-0.25, -0.2) is 0 Å². The first-order chi connectivity index (χ1) is 10.3. The van der Waals surface area contributed by atoms with Crippen LogP contribution in [-0.2, 0) is 14.4 Å². The molecule has 0 radical (unpaired) electrons. The maximum atomic E-state index is 11.7. The minimum Gasteiger partial charge on any atom is -0.370 e. The Bertz CT molecular complexity index is 546. The Morgan fingerprint density at radius 3 is 1.91 bits per heavy atom. The number of nitrogens with two attached hydrogens (primary N) is 2. The highest BCUT2D eigenvalue weighted by atomic mass is 35.5. The molecule has 1 aromatic carbocycles. The van der Waals surface area contributed by atoms with E-state index in [4.69, 9.17) is 11.5 Å². The molecule has 0 aromatic heterocycles. The fourth-order valence-electron chi connectivity index (χ4n) is 1.76. The Balaban J connectivity index is 0.00000484. The van der Waals surface area contributed by atoms with Crippen molar-refractivity contribution < 1.29 is 14.4 Å². The first-order valence-corrected chi connectivity index (χ1v) is 7.02.